The summed E-state index contributed by atoms with van der Waals surface area (Å²) in [6, 6.07) is 9.09. The SMILES string of the molecule is O=C(CNc1cc([N+](=O)[O-])ccc1NCCO)Nc1cc(Cl)ccc1-n1cncn1. The molecule has 0 saturated heterocycles. The van der Waals surface area contributed by atoms with E-state index in [4.69, 9.17) is 16.7 Å². The van der Waals surface area contributed by atoms with E-state index in [2.05, 4.69) is 26.0 Å². The fourth-order valence-electron chi connectivity index (χ4n) is 2.65. The number of aliphatic hydroxyl groups excluding tert-OH is 1. The van der Waals surface area contributed by atoms with Gasteiger partial charge < -0.3 is 21.1 Å². The summed E-state index contributed by atoms with van der Waals surface area (Å²) >= 11 is 6.05. The molecule has 4 N–H and O–H groups in total. The summed E-state index contributed by atoms with van der Waals surface area (Å²) < 4.78 is 1.48. The summed E-state index contributed by atoms with van der Waals surface area (Å²) in [6.45, 7) is -0.0303. The van der Waals surface area contributed by atoms with Gasteiger partial charge in [0, 0.05) is 23.7 Å². The van der Waals surface area contributed by atoms with E-state index in [0.717, 1.165) is 0 Å². The molecule has 3 rings (SSSR count). The smallest absolute Gasteiger partial charge is 0.271 e. The number of rotatable bonds is 9. The molecule has 1 heterocycles. The number of carbonyl (C=O) groups is 1. The summed E-state index contributed by atoms with van der Waals surface area (Å²) in [5.41, 5.74) is 1.75. The number of aliphatic hydroxyl groups is 1. The van der Waals surface area contributed by atoms with Gasteiger partial charge in [0.15, 0.2) is 0 Å². The van der Waals surface area contributed by atoms with E-state index in [1.807, 2.05) is 0 Å². The van der Waals surface area contributed by atoms with Gasteiger partial charge in [-0.2, -0.15) is 5.10 Å². The number of nitro groups is 1. The van der Waals surface area contributed by atoms with E-state index in [1.54, 1.807) is 18.2 Å². The van der Waals surface area contributed by atoms with Crippen LogP contribution in [-0.4, -0.2) is 50.4 Å². The summed E-state index contributed by atoms with van der Waals surface area (Å²) in [7, 11) is 0. The Hall–Kier alpha value is -3.70. The summed E-state index contributed by atoms with van der Waals surface area (Å²) in [5.74, 6) is -0.404. The first-order chi connectivity index (χ1) is 14.5. The monoisotopic (exact) mass is 431 g/mol. The van der Waals surface area contributed by atoms with Gasteiger partial charge in [0.25, 0.3) is 5.69 Å². The van der Waals surface area contributed by atoms with Crippen molar-refractivity contribution in [1.29, 1.82) is 0 Å². The summed E-state index contributed by atoms with van der Waals surface area (Å²) in [4.78, 5) is 26.9. The number of hydrogen-bond donors (Lipinski definition) is 4. The minimum Gasteiger partial charge on any atom is -0.395 e. The Morgan fingerprint density at radius 2 is 2.00 bits per heavy atom. The lowest BCUT2D eigenvalue weighted by Gasteiger charge is -2.14. The van der Waals surface area contributed by atoms with E-state index in [0.29, 0.717) is 27.8 Å². The Kier molecular flexibility index (Phi) is 6.78. The fourth-order valence-corrected chi connectivity index (χ4v) is 2.82. The first-order valence-corrected chi connectivity index (χ1v) is 9.17. The Balaban J connectivity index is 1.74. The Morgan fingerprint density at radius 3 is 2.70 bits per heavy atom. The molecule has 30 heavy (non-hydrogen) atoms. The highest BCUT2D eigenvalue weighted by atomic mass is 35.5. The highest BCUT2D eigenvalue weighted by molar-refractivity contribution is 6.31. The second kappa shape index (κ2) is 9.67. The predicted molar refractivity (Wildman–Crippen MR) is 112 cm³/mol. The molecule has 0 fully saturated rings. The van der Waals surface area contributed by atoms with Gasteiger partial charge in [-0.25, -0.2) is 9.67 Å². The number of carbonyl (C=O) groups excluding carboxylic acids is 1. The van der Waals surface area contributed by atoms with Crippen LogP contribution in [0.3, 0.4) is 0 Å². The molecule has 0 radical (unpaired) electrons. The molecule has 0 aliphatic heterocycles. The molecular weight excluding hydrogens is 414 g/mol. The van der Waals surface area contributed by atoms with Crippen LogP contribution in [0.25, 0.3) is 5.69 Å². The van der Waals surface area contributed by atoms with E-state index in [1.165, 1.54) is 35.5 Å². The molecule has 0 atom stereocenters. The van der Waals surface area contributed by atoms with Crippen LogP contribution < -0.4 is 16.0 Å². The second-order valence-electron chi connectivity index (χ2n) is 6.04. The Morgan fingerprint density at radius 1 is 1.17 bits per heavy atom. The van der Waals surface area contributed by atoms with Crippen LogP contribution in [0.15, 0.2) is 49.1 Å². The minimum atomic E-state index is -0.530. The zero-order chi connectivity index (χ0) is 21.5. The average molecular weight is 432 g/mol. The van der Waals surface area contributed by atoms with Crippen LogP contribution in [0.1, 0.15) is 0 Å². The van der Waals surface area contributed by atoms with Crippen molar-refractivity contribution < 1.29 is 14.8 Å². The van der Waals surface area contributed by atoms with Gasteiger partial charge in [-0.3, -0.25) is 14.9 Å². The summed E-state index contributed by atoms with van der Waals surface area (Å²) in [5, 5.41) is 33.1. The van der Waals surface area contributed by atoms with Crippen molar-refractivity contribution in [1.82, 2.24) is 14.8 Å². The second-order valence-corrected chi connectivity index (χ2v) is 6.48. The topological polar surface area (TPSA) is 147 Å². The lowest BCUT2D eigenvalue weighted by atomic mass is 10.2. The number of anilines is 3. The van der Waals surface area contributed by atoms with Crippen molar-refractivity contribution in [3.8, 4) is 5.69 Å². The first-order valence-electron chi connectivity index (χ1n) is 8.79. The molecule has 156 valence electrons. The molecule has 0 aliphatic rings. The molecule has 0 unspecified atom stereocenters. The van der Waals surface area contributed by atoms with Crippen LogP contribution in [0.2, 0.25) is 5.02 Å². The third-order valence-electron chi connectivity index (χ3n) is 3.98. The van der Waals surface area contributed by atoms with Gasteiger partial charge in [-0.15, -0.1) is 0 Å². The number of nitro benzene ring substituents is 1. The molecule has 0 bridgehead atoms. The van der Waals surface area contributed by atoms with Crippen molar-refractivity contribution in [3.05, 3.63) is 64.2 Å². The molecule has 11 nitrogen and oxygen atoms in total. The number of benzene rings is 2. The quantitative estimate of drug-likeness (QED) is 0.298. The molecule has 0 spiro atoms. The van der Waals surface area contributed by atoms with Crippen molar-refractivity contribution in [2.75, 3.05) is 35.6 Å². The Labute approximate surface area is 175 Å². The molecule has 1 aromatic heterocycles. The zero-order valence-corrected chi connectivity index (χ0v) is 16.3. The van der Waals surface area contributed by atoms with Crippen LogP contribution in [0.4, 0.5) is 22.7 Å². The van der Waals surface area contributed by atoms with Gasteiger partial charge in [0.1, 0.15) is 12.7 Å². The highest BCUT2D eigenvalue weighted by Crippen LogP contribution is 2.27. The number of non-ortho nitro benzene ring substituents is 1. The number of hydrogen-bond acceptors (Lipinski definition) is 8. The molecule has 2 aromatic carbocycles. The fraction of sp³-hybridized carbons (Fsp3) is 0.167. The maximum absolute atomic E-state index is 12.5. The molecule has 12 heteroatoms. The van der Waals surface area contributed by atoms with Crippen LogP contribution in [-0.2, 0) is 4.79 Å². The maximum atomic E-state index is 12.5. The minimum absolute atomic E-state index is 0.114. The predicted octanol–water partition coefficient (Wildman–Crippen LogP) is 2.28. The van der Waals surface area contributed by atoms with Crippen molar-refractivity contribution >= 4 is 40.3 Å². The van der Waals surface area contributed by atoms with Gasteiger partial charge in [-0.1, -0.05) is 11.6 Å². The van der Waals surface area contributed by atoms with Crippen LogP contribution in [0, 0.1) is 10.1 Å². The van der Waals surface area contributed by atoms with Crippen molar-refractivity contribution in [2.24, 2.45) is 0 Å². The third-order valence-corrected chi connectivity index (χ3v) is 4.21. The first kappa shape index (κ1) is 21.0. The lowest BCUT2D eigenvalue weighted by Crippen LogP contribution is -2.23. The normalized spacial score (nSPS) is 10.5. The number of aromatic nitrogens is 3. The van der Waals surface area contributed by atoms with Crippen LogP contribution >= 0.6 is 11.6 Å². The third kappa shape index (κ3) is 5.21. The van der Waals surface area contributed by atoms with Gasteiger partial charge in [0.05, 0.1) is 40.8 Å². The van der Waals surface area contributed by atoms with Crippen LogP contribution in [0.5, 0.6) is 0 Å². The van der Waals surface area contributed by atoms with E-state index >= 15 is 0 Å². The molecule has 3 aromatic rings. The van der Waals surface area contributed by atoms with E-state index in [9.17, 15) is 14.9 Å². The standard InChI is InChI=1S/C18H18ClN7O4/c19-12-1-4-17(25-11-20-10-23-25)16(7-12)24-18(28)9-22-15-8-13(26(29)30)2-3-14(15)21-5-6-27/h1-4,7-8,10-11,21-22,27H,5-6,9H2,(H,24,28). The molecule has 0 aliphatic carbocycles. The number of nitrogens with zero attached hydrogens (tertiary/aromatic N) is 4. The number of halogens is 1. The molecule has 0 saturated carbocycles. The van der Waals surface area contributed by atoms with Crippen molar-refractivity contribution in [2.45, 2.75) is 0 Å². The lowest BCUT2D eigenvalue weighted by molar-refractivity contribution is -0.384. The van der Waals surface area contributed by atoms with E-state index in [-0.39, 0.29) is 25.4 Å². The summed E-state index contributed by atoms with van der Waals surface area (Å²) in [6.07, 6.45) is 2.85. The van der Waals surface area contributed by atoms with E-state index < -0.39 is 10.8 Å². The van der Waals surface area contributed by atoms with Gasteiger partial charge >= 0.3 is 0 Å². The molecular formula is C18H18ClN7O4. The maximum Gasteiger partial charge on any atom is 0.271 e. The largest absolute Gasteiger partial charge is 0.395 e. The number of nitrogens with one attached hydrogen (secondary N) is 3. The van der Waals surface area contributed by atoms with Gasteiger partial charge in [-0.05, 0) is 24.3 Å². The Bertz CT molecular complexity index is 1040. The number of amides is 1. The van der Waals surface area contributed by atoms with Crippen molar-refractivity contribution in [3.63, 3.8) is 0 Å². The van der Waals surface area contributed by atoms with Gasteiger partial charge in [0.2, 0.25) is 5.91 Å². The highest BCUT2D eigenvalue weighted by Gasteiger charge is 2.14. The molecule has 1 amide bonds. The zero-order valence-electron chi connectivity index (χ0n) is 15.6. The average Bonchev–Trinajstić information content (AvgIpc) is 3.25.